The summed E-state index contributed by atoms with van der Waals surface area (Å²) in [7, 11) is 2.90. The predicted molar refractivity (Wildman–Crippen MR) is 114 cm³/mol. The molecule has 1 saturated heterocycles. The van der Waals surface area contributed by atoms with E-state index in [0.29, 0.717) is 16.5 Å². The van der Waals surface area contributed by atoms with Crippen LogP contribution in [-0.2, 0) is 22.4 Å². The van der Waals surface area contributed by atoms with Crippen molar-refractivity contribution < 1.29 is 19.9 Å². The largest absolute Gasteiger partial charge is 0.733 e. The number of fused-ring (bicyclic) bond motifs is 1. The number of hydrogen-bond acceptors (Lipinski definition) is 6. The molecule has 2 heterocycles. The second-order valence-electron chi connectivity index (χ2n) is 7.80. The van der Waals surface area contributed by atoms with Crippen LogP contribution < -0.4 is 5.23 Å². The predicted octanol–water partition coefficient (Wildman–Crippen LogP) is 1.63. The topological polar surface area (TPSA) is 123 Å². The first-order valence-corrected chi connectivity index (χ1v) is 9.80. The fraction of sp³-hybridized carbons (Fsp3) is 0.273. The molecular weight excluding hydrogens is 400 g/mol. The van der Waals surface area contributed by atoms with E-state index in [1.54, 1.807) is 42.6 Å². The van der Waals surface area contributed by atoms with Crippen molar-refractivity contribution in [1.29, 1.82) is 0 Å². The highest BCUT2D eigenvalue weighted by atomic mass is 16.8. The number of amides is 2. The van der Waals surface area contributed by atoms with Crippen LogP contribution in [0.4, 0.5) is 5.69 Å². The van der Waals surface area contributed by atoms with Crippen molar-refractivity contribution in [3.63, 3.8) is 0 Å². The van der Waals surface area contributed by atoms with Crippen molar-refractivity contribution in [2.75, 3.05) is 19.3 Å². The lowest BCUT2D eigenvalue weighted by Crippen LogP contribution is -2.70. The minimum absolute atomic E-state index is 0.0289. The van der Waals surface area contributed by atoms with Crippen LogP contribution in [0, 0.1) is 5.21 Å². The number of likely N-dealkylation sites (N-methyl/N-ethyl adjacent to an activating group) is 2. The summed E-state index contributed by atoms with van der Waals surface area (Å²) in [6.07, 6.45) is 1.73. The van der Waals surface area contributed by atoms with Gasteiger partial charge in [-0.1, -0.05) is 36.4 Å². The third kappa shape index (κ3) is 3.42. The number of nitrogens with zero attached hydrogens (tertiary/aromatic N) is 3. The van der Waals surface area contributed by atoms with Crippen LogP contribution in [0.2, 0.25) is 0 Å². The van der Waals surface area contributed by atoms with Crippen molar-refractivity contribution >= 4 is 28.4 Å². The van der Waals surface area contributed by atoms with Crippen molar-refractivity contribution in [2.45, 2.75) is 24.6 Å². The number of carbonyl (C=O) groups excluding carboxylic acids is 2. The maximum absolute atomic E-state index is 13.2. The molecule has 1 aliphatic rings. The van der Waals surface area contributed by atoms with Gasteiger partial charge in [0.2, 0.25) is 11.6 Å². The minimum Gasteiger partial charge on any atom is -0.733 e. The first kappa shape index (κ1) is 20.9. The minimum atomic E-state index is -1.99. The zero-order valence-electron chi connectivity index (χ0n) is 17.1. The lowest BCUT2D eigenvalue weighted by Gasteiger charge is -2.47. The first-order chi connectivity index (χ1) is 14.7. The Kier molecular flexibility index (Phi) is 5.18. The molecule has 2 amide bonds. The summed E-state index contributed by atoms with van der Waals surface area (Å²) in [6.45, 7) is 0. The van der Waals surface area contributed by atoms with Crippen LogP contribution in [0.25, 0.3) is 10.9 Å². The Morgan fingerprint density at radius 1 is 1.13 bits per heavy atom. The lowest BCUT2D eigenvalue weighted by atomic mass is 9.92. The second kappa shape index (κ2) is 7.69. The van der Waals surface area contributed by atoms with Crippen molar-refractivity contribution in [3.05, 3.63) is 71.1 Å². The zero-order valence-corrected chi connectivity index (χ0v) is 17.1. The molecule has 0 aliphatic carbocycles. The van der Waals surface area contributed by atoms with Gasteiger partial charge in [0.25, 0.3) is 5.91 Å². The molecule has 1 aliphatic heterocycles. The third-order valence-electron chi connectivity index (χ3n) is 5.98. The summed E-state index contributed by atoms with van der Waals surface area (Å²) in [5.41, 5.74) is -0.00934. The van der Waals surface area contributed by atoms with Gasteiger partial charge in [-0.15, -0.1) is 0 Å². The van der Waals surface area contributed by atoms with Crippen LogP contribution in [0.15, 0.2) is 54.7 Å². The summed E-state index contributed by atoms with van der Waals surface area (Å²) in [4.78, 5) is 31.7. The van der Waals surface area contributed by atoms with E-state index in [9.17, 15) is 25.1 Å². The Morgan fingerprint density at radius 3 is 2.52 bits per heavy atom. The highest BCUT2D eigenvalue weighted by Gasteiger charge is 2.52. The summed E-state index contributed by atoms with van der Waals surface area (Å²) in [5, 5.41) is 32.5. The average molecular weight is 423 g/mol. The van der Waals surface area contributed by atoms with Crippen molar-refractivity contribution in [3.8, 4) is 0 Å². The van der Waals surface area contributed by atoms with Gasteiger partial charge in [0.05, 0.1) is 5.69 Å². The zero-order chi connectivity index (χ0) is 22.3. The van der Waals surface area contributed by atoms with Crippen LogP contribution in [0.3, 0.4) is 0 Å². The monoisotopic (exact) mass is 423 g/mol. The number of carbonyl (C=O) groups is 2. The standard InChI is InChI=1S/C22H23N4O5/c1-24-18(11-15-13-23-16-9-6-10-17(19(15)16)26(30)31)20(27)25(2)22(29,21(24)28)12-14-7-4-3-5-8-14/h3-10,13,18,23,29-30H,11-12H2,1-2H3/q-1/t18-,22+/m0/s1. The molecule has 0 spiro atoms. The van der Waals surface area contributed by atoms with Crippen LogP contribution in [0.5, 0.6) is 0 Å². The maximum Gasteiger partial charge on any atom is 0.276 e. The number of piperazine rings is 1. The van der Waals surface area contributed by atoms with Gasteiger partial charge >= 0.3 is 0 Å². The number of anilines is 1. The van der Waals surface area contributed by atoms with Gasteiger partial charge in [-0.05, 0) is 23.3 Å². The molecule has 0 radical (unpaired) electrons. The summed E-state index contributed by atoms with van der Waals surface area (Å²) in [5.74, 6) is -1.01. The van der Waals surface area contributed by atoms with E-state index in [4.69, 9.17) is 0 Å². The molecule has 4 rings (SSSR count). The van der Waals surface area contributed by atoms with Gasteiger partial charge in [0.1, 0.15) is 6.04 Å². The van der Waals surface area contributed by atoms with Gasteiger partial charge in [0, 0.05) is 44.0 Å². The molecule has 1 aromatic heterocycles. The Labute approximate surface area is 178 Å². The van der Waals surface area contributed by atoms with E-state index in [0.717, 1.165) is 10.5 Å². The molecule has 9 nitrogen and oxygen atoms in total. The molecule has 1 fully saturated rings. The van der Waals surface area contributed by atoms with Crippen molar-refractivity contribution in [1.82, 2.24) is 14.8 Å². The number of benzene rings is 2. The number of hydrogen-bond donors (Lipinski definition) is 3. The number of aromatic nitrogens is 1. The number of nitrogens with one attached hydrogen (secondary N) is 1. The average Bonchev–Trinajstić information content (AvgIpc) is 3.18. The highest BCUT2D eigenvalue weighted by Crippen LogP contribution is 2.33. The molecule has 9 heteroatoms. The number of rotatable bonds is 5. The fourth-order valence-corrected chi connectivity index (χ4v) is 4.20. The lowest BCUT2D eigenvalue weighted by molar-refractivity contribution is -0.194. The number of aliphatic hydroxyl groups is 1. The van der Waals surface area contributed by atoms with Gasteiger partial charge in [-0.25, -0.2) is 0 Å². The van der Waals surface area contributed by atoms with E-state index in [1.165, 1.54) is 25.1 Å². The smallest absolute Gasteiger partial charge is 0.276 e. The Hall–Kier alpha value is -3.40. The molecular formula is C22H23N4O5-. The first-order valence-electron chi connectivity index (χ1n) is 9.80. The summed E-state index contributed by atoms with van der Waals surface area (Å²) < 4.78 is 0. The normalized spacial score (nSPS) is 21.8. The van der Waals surface area contributed by atoms with Gasteiger partial charge < -0.3 is 30.3 Å². The SMILES string of the molecule is CN1C(=O)[C@](O)(Cc2ccccc2)N(C)C(=O)[C@@H]1Cc1c[nH]c2cccc(N([O-])O)c12. The Morgan fingerprint density at radius 2 is 1.84 bits per heavy atom. The number of H-pyrrole nitrogens is 1. The Balaban J connectivity index is 1.66. The van der Waals surface area contributed by atoms with Crippen molar-refractivity contribution in [2.24, 2.45) is 0 Å². The van der Waals surface area contributed by atoms with Crippen LogP contribution >= 0.6 is 0 Å². The third-order valence-corrected chi connectivity index (χ3v) is 5.98. The van der Waals surface area contributed by atoms with E-state index < -0.39 is 23.6 Å². The molecule has 0 bridgehead atoms. The van der Waals surface area contributed by atoms with E-state index in [-0.39, 0.29) is 23.8 Å². The summed E-state index contributed by atoms with van der Waals surface area (Å²) >= 11 is 0. The van der Waals surface area contributed by atoms with Crippen LogP contribution in [0.1, 0.15) is 11.1 Å². The quantitative estimate of drug-likeness (QED) is 0.536. The second-order valence-corrected chi connectivity index (χ2v) is 7.80. The molecule has 2 atom stereocenters. The molecule has 3 N–H and O–H groups in total. The molecule has 3 aromatic rings. The van der Waals surface area contributed by atoms with E-state index in [2.05, 4.69) is 4.98 Å². The van der Waals surface area contributed by atoms with Gasteiger partial charge in [-0.2, -0.15) is 0 Å². The van der Waals surface area contributed by atoms with Gasteiger partial charge in [0.15, 0.2) is 0 Å². The van der Waals surface area contributed by atoms with E-state index >= 15 is 0 Å². The van der Waals surface area contributed by atoms with E-state index in [1.807, 2.05) is 6.07 Å². The highest BCUT2D eigenvalue weighted by molar-refractivity contribution is 6.00. The maximum atomic E-state index is 13.2. The molecule has 0 unspecified atom stereocenters. The molecule has 0 saturated carbocycles. The molecule has 2 aromatic carbocycles. The summed E-state index contributed by atoms with van der Waals surface area (Å²) in [6, 6.07) is 13.0. The van der Waals surface area contributed by atoms with Gasteiger partial charge in [-0.3, -0.25) is 14.8 Å². The number of aromatic amines is 1. The Bertz CT molecular complexity index is 1130. The molecule has 162 valence electrons. The van der Waals surface area contributed by atoms with Crippen LogP contribution in [-0.4, -0.2) is 62.8 Å². The molecule has 31 heavy (non-hydrogen) atoms. The fourth-order valence-electron chi connectivity index (χ4n) is 4.20.